The molecule has 5 nitrogen and oxygen atoms in total. The molecule has 5 heteroatoms. The van der Waals surface area contributed by atoms with Crippen LogP contribution in [0.3, 0.4) is 0 Å². The number of nitrogens with one attached hydrogen (secondary N) is 1. The lowest BCUT2D eigenvalue weighted by molar-refractivity contribution is -0.0118. The van der Waals surface area contributed by atoms with Gasteiger partial charge >= 0.3 is 0 Å². The van der Waals surface area contributed by atoms with Gasteiger partial charge in [0.05, 0.1) is 24.9 Å². The number of hydrogen-bond donors (Lipinski definition) is 1. The van der Waals surface area contributed by atoms with Gasteiger partial charge < -0.3 is 9.64 Å². The summed E-state index contributed by atoms with van der Waals surface area (Å²) in [4.78, 5) is 4.99. The maximum atomic E-state index is 5.57. The first-order valence-corrected chi connectivity index (χ1v) is 10.6. The Bertz CT molecular complexity index is 1020. The summed E-state index contributed by atoms with van der Waals surface area (Å²) in [6.45, 7) is 10.4. The molecule has 0 aliphatic carbocycles. The molecule has 1 saturated heterocycles. The standard InChI is InChI=1S/C24H30N4O/c1-24(2,28-8-10-29-11-9-28)20-5-6-21-19(13-20)15-27(3)16-22(21)17-4-7-23-18(12-17)14-25-26-23/h4-7,12-14,22H,8-11,15-16H2,1-3H3,(H,25,26). The molecule has 5 rings (SSSR count). The first-order chi connectivity index (χ1) is 14.0. The van der Waals surface area contributed by atoms with E-state index < -0.39 is 0 Å². The number of fused-ring (bicyclic) bond motifs is 2. The molecule has 1 N–H and O–H groups in total. The van der Waals surface area contributed by atoms with Crippen molar-refractivity contribution in [3.63, 3.8) is 0 Å². The molecule has 3 heterocycles. The largest absolute Gasteiger partial charge is 0.379 e. The number of aromatic nitrogens is 2. The molecule has 3 aromatic rings. The topological polar surface area (TPSA) is 44.4 Å². The summed E-state index contributed by atoms with van der Waals surface area (Å²) in [7, 11) is 2.23. The van der Waals surface area contributed by atoms with Crippen LogP contribution in [0, 0.1) is 0 Å². The predicted octanol–water partition coefficient (Wildman–Crippen LogP) is 3.71. The van der Waals surface area contributed by atoms with Crippen LogP contribution < -0.4 is 0 Å². The van der Waals surface area contributed by atoms with Crippen molar-refractivity contribution in [2.24, 2.45) is 0 Å². The van der Waals surface area contributed by atoms with Gasteiger partial charge in [0.1, 0.15) is 0 Å². The highest BCUT2D eigenvalue weighted by atomic mass is 16.5. The van der Waals surface area contributed by atoms with Crippen molar-refractivity contribution in [1.82, 2.24) is 20.0 Å². The third kappa shape index (κ3) is 3.37. The first-order valence-electron chi connectivity index (χ1n) is 10.6. The molecule has 152 valence electrons. The van der Waals surface area contributed by atoms with Gasteiger partial charge in [-0.15, -0.1) is 0 Å². The highest BCUT2D eigenvalue weighted by molar-refractivity contribution is 5.78. The molecular weight excluding hydrogens is 360 g/mol. The molecule has 0 amide bonds. The Morgan fingerprint density at radius 3 is 2.76 bits per heavy atom. The van der Waals surface area contributed by atoms with E-state index in [4.69, 9.17) is 4.74 Å². The van der Waals surface area contributed by atoms with Crippen LogP contribution in [-0.4, -0.2) is 59.9 Å². The molecule has 1 unspecified atom stereocenters. The monoisotopic (exact) mass is 390 g/mol. The Labute approximate surface area is 172 Å². The maximum Gasteiger partial charge on any atom is 0.0650 e. The Morgan fingerprint density at radius 2 is 1.93 bits per heavy atom. The maximum absolute atomic E-state index is 5.57. The highest BCUT2D eigenvalue weighted by Gasteiger charge is 2.32. The molecule has 0 spiro atoms. The van der Waals surface area contributed by atoms with E-state index in [9.17, 15) is 0 Å². The first kappa shape index (κ1) is 18.8. The molecule has 1 aromatic heterocycles. The van der Waals surface area contributed by atoms with Gasteiger partial charge in [-0.2, -0.15) is 5.10 Å². The third-order valence-electron chi connectivity index (χ3n) is 6.83. The lowest BCUT2D eigenvalue weighted by Gasteiger charge is -2.42. The quantitative estimate of drug-likeness (QED) is 0.741. The van der Waals surface area contributed by atoms with Gasteiger partial charge in [0.25, 0.3) is 0 Å². The Morgan fingerprint density at radius 1 is 1.10 bits per heavy atom. The summed E-state index contributed by atoms with van der Waals surface area (Å²) in [6, 6.07) is 13.9. The Hall–Kier alpha value is -2.21. The molecule has 0 bridgehead atoms. The minimum absolute atomic E-state index is 0.0139. The number of morpholine rings is 1. The number of ether oxygens (including phenoxy) is 1. The third-order valence-corrected chi connectivity index (χ3v) is 6.83. The van der Waals surface area contributed by atoms with Crippen molar-refractivity contribution >= 4 is 10.9 Å². The smallest absolute Gasteiger partial charge is 0.0650 e. The molecular formula is C24H30N4O. The number of likely N-dealkylation sites (N-methyl/N-ethyl adjacent to an activating group) is 1. The molecule has 2 aromatic carbocycles. The Balaban J connectivity index is 1.51. The summed E-state index contributed by atoms with van der Waals surface area (Å²) < 4.78 is 5.57. The average Bonchev–Trinajstić information content (AvgIpc) is 3.21. The minimum Gasteiger partial charge on any atom is -0.379 e. The summed E-state index contributed by atoms with van der Waals surface area (Å²) in [5.41, 5.74) is 6.80. The Kier molecular flexibility index (Phi) is 4.69. The minimum atomic E-state index is 0.0139. The van der Waals surface area contributed by atoms with Gasteiger partial charge in [0.2, 0.25) is 0 Å². The number of nitrogens with zero attached hydrogens (tertiary/aromatic N) is 3. The fraction of sp³-hybridized carbons (Fsp3) is 0.458. The number of hydrogen-bond acceptors (Lipinski definition) is 4. The van der Waals surface area contributed by atoms with Crippen molar-refractivity contribution in [1.29, 1.82) is 0 Å². The van der Waals surface area contributed by atoms with E-state index in [-0.39, 0.29) is 5.54 Å². The number of benzene rings is 2. The van der Waals surface area contributed by atoms with Crippen LogP contribution in [0.2, 0.25) is 0 Å². The van der Waals surface area contributed by atoms with E-state index in [1.54, 1.807) is 0 Å². The van der Waals surface area contributed by atoms with E-state index in [0.717, 1.165) is 44.9 Å². The SMILES string of the molecule is CN1Cc2cc(C(C)(C)N3CCOCC3)ccc2C(c2ccc3[nH]ncc3c2)C1. The summed E-state index contributed by atoms with van der Waals surface area (Å²) >= 11 is 0. The van der Waals surface area contributed by atoms with Gasteiger partial charge in [0, 0.05) is 43.0 Å². The second-order valence-corrected chi connectivity index (χ2v) is 9.04. The van der Waals surface area contributed by atoms with Gasteiger partial charge in [-0.1, -0.05) is 24.3 Å². The van der Waals surface area contributed by atoms with Crippen LogP contribution >= 0.6 is 0 Å². The zero-order chi connectivity index (χ0) is 20.0. The second kappa shape index (κ2) is 7.24. The molecule has 0 saturated carbocycles. The van der Waals surface area contributed by atoms with Crippen LogP contribution in [-0.2, 0) is 16.8 Å². The molecule has 2 aliphatic rings. The van der Waals surface area contributed by atoms with Crippen LogP contribution in [0.1, 0.15) is 42.0 Å². The van der Waals surface area contributed by atoms with Crippen molar-refractivity contribution < 1.29 is 4.74 Å². The highest BCUT2D eigenvalue weighted by Crippen LogP contribution is 2.37. The van der Waals surface area contributed by atoms with Crippen molar-refractivity contribution in [2.75, 3.05) is 39.9 Å². The van der Waals surface area contributed by atoms with Crippen LogP contribution in [0.25, 0.3) is 10.9 Å². The van der Waals surface area contributed by atoms with E-state index in [1.165, 1.54) is 27.6 Å². The molecule has 1 fully saturated rings. The van der Waals surface area contributed by atoms with Gasteiger partial charge in [-0.25, -0.2) is 0 Å². The van der Waals surface area contributed by atoms with Crippen LogP contribution in [0.4, 0.5) is 0 Å². The lowest BCUT2D eigenvalue weighted by Crippen LogP contribution is -2.48. The van der Waals surface area contributed by atoms with Crippen LogP contribution in [0.15, 0.2) is 42.6 Å². The number of H-pyrrole nitrogens is 1. The summed E-state index contributed by atoms with van der Waals surface area (Å²) in [5, 5.41) is 8.42. The van der Waals surface area contributed by atoms with Crippen molar-refractivity contribution in [2.45, 2.75) is 31.8 Å². The van der Waals surface area contributed by atoms with E-state index in [0.29, 0.717) is 5.92 Å². The normalized spacial score (nSPS) is 21.4. The van der Waals surface area contributed by atoms with Crippen molar-refractivity contribution in [3.05, 3.63) is 64.8 Å². The van der Waals surface area contributed by atoms with Crippen LogP contribution in [0.5, 0.6) is 0 Å². The second-order valence-electron chi connectivity index (χ2n) is 9.04. The molecule has 1 atom stereocenters. The lowest BCUT2D eigenvalue weighted by atomic mass is 9.81. The zero-order valence-electron chi connectivity index (χ0n) is 17.6. The van der Waals surface area contributed by atoms with Crippen molar-refractivity contribution in [3.8, 4) is 0 Å². The summed E-state index contributed by atoms with van der Waals surface area (Å²) in [6.07, 6.45) is 1.92. The number of aromatic amines is 1. The average molecular weight is 391 g/mol. The zero-order valence-corrected chi connectivity index (χ0v) is 17.6. The fourth-order valence-electron chi connectivity index (χ4n) is 5.00. The molecule has 0 radical (unpaired) electrons. The number of rotatable bonds is 3. The van der Waals surface area contributed by atoms with Gasteiger partial charge in [-0.05, 0) is 55.3 Å². The van der Waals surface area contributed by atoms with Gasteiger partial charge in [-0.3, -0.25) is 10.00 Å². The van der Waals surface area contributed by atoms with E-state index in [2.05, 4.69) is 77.3 Å². The van der Waals surface area contributed by atoms with Gasteiger partial charge in [0.15, 0.2) is 0 Å². The molecule has 29 heavy (non-hydrogen) atoms. The summed E-state index contributed by atoms with van der Waals surface area (Å²) in [5.74, 6) is 0.392. The molecule has 2 aliphatic heterocycles. The predicted molar refractivity (Wildman–Crippen MR) is 116 cm³/mol. The fourth-order valence-corrected chi connectivity index (χ4v) is 5.00. The van der Waals surface area contributed by atoms with E-state index in [1.807, 2.05) is 6.20 Å². The van der Waals surface area contributed by atoms with E-state index >= 15 is 0 Å².